The Morgan fingerprint density at radius 1 is 0.629 bits per heavy atom. The standard InChI is InChI=1S/C42H31F9N2O9/c1-22(55)31-19-29(14-17-35(31)60-21-54)62-27-11-6-24(7-12-27)39(41(46,47)48,42(49,50)51)23-4-9-26(10-5-23)61-28-13-15-30(37(57)58)32(20-28)36(56)53-25-8-16-33(34(18-25)52-3)38(2,59)40(43,44)45/h4-21,52,59H,1-3H3,(H,53,56)(H,57,58). The second kappa shape index (κ2) is 17.1. The van der Waals surface area contributed by atoms with Gasteiger partial charge in [0.2, 0.25) is 5.41 Å². The van der Waals surface area contributed by atoms with Crippen molar-refractivity contribution in [3.8, 4) is 28.7 Å². The van der Waals surface area contributed by atoms with Crippen LogP contribution in [0.2, 0.25) is 0 Å². The summed E-state index contributed by atoms with van der Waals surface area (Å²) in [5, 5.41) is 24.7. The maximum atomic E-state index is 14.9. The number of rotatable bonds is 14. The second-order valence-electron chi connectivity index (χ2n) is 13.5. The van der Waals surface area contributed by atoms with Crippen molar-refractivity contribution in [1.82, 2.24) is 0 Å². The normalized spacial score (nSPS) is 13.0. The molecule has 1 unspecified atom stereocenters. The predicted molar refractivity (Wildman–Crippen MR) is 202 cm³/mol. The van der Waals surface area contributed by atoms with Gasteiger partial charge in [-0.2, -0.15) is 39.5 Å². The molecule has 62 heavy (non-hydrogen) atoms. The minimum atomic E-state index is -5.99. The predicted octanol–water partition coefficient (Wildman–Crippen LogP) is 10.2. The summed E-state index contributed by atoms with van der Waals surface area (Å²) in [4.78, 5) is 48.1. The lowest BCUT2D eigenvalue weighted by Gasteiger charge is -2.38. The van der Waals surface area contributed by atoms with Gasteiger partial charge in [0.25, 0.3) is 12.4 Å². The van der Waals surface area contributed by atoms with Gasteiger partial charge in [-0.15, -0.1) is 0 Å². The van der Waals surface area contributed by atoms with E-state index >= 15 is 0 Å². The van der Waals surface area contributed by atoms with E-state index in [0.29, 0.717) is 31.2 Å². The maximum absolute atomic E-state index is 14.9. The third-order valence-electron chi connectivity index (χ3n) is 9.49. The number of aromatic carboxylic acids is 1. The summed E-state index contributed by atoms with van der Waals surface area (Å²) in [7, 11) is 1.25. The number of carbonyl (C=O) groups excluding carboxylic acids is 3. The zero-order valence-corrected chi connectivity index (χ0v) is 32.0. The van der Waals surface area contributed by atoms with Crippen molar-refractivity contribution >= 4 is 35.5 Å². The number of anilines is 2. The van der Waals surface area contributed by atoms with Gasteiger partial charge in [-0.25, -0.2) is 4.79 Å². The van der Waals surface area contributed by atoms with Crippen molar-refractivity contribution < 1.29 is 83.1 Å². The Bertz CT molecular complexity index is 2490. The van der Waals surface area contributed by atoms with Crippen molar-refractivity contribution in [1.29, 1.82) is 0 Å². The van der Waals surface area contributed by atoms with Crippen molar-refractivity contribution in [3.05, 3.63) is 137 Å². The molecule has 0 bridgehead atoms. The first-order chi connectivity index (χ1) is 28.8. The van der Waals surface area contributed by atoms with E-state index in [4.69, 9.17) is 14.2 Å². The van der Waals surface area contributed by atoms with Crippen LogP contribution in [0.5, 0.6) is 28.7 Å². The monoisotopic (exact) mass is 878 g/mol. The molecule has 0 fully saturated rings. The highest BCUT2D eigenvalue weighted by Gasteiger charge is 2.72. The number of hydrogen-bond donors (Lipinski definition) is 4. The average Bonchev–Trinajstić information content (AvgIpc) is 3.18. The van der Waals surface area contributed by atoms with Gasteiger partial charge in [0.1, 0.15) is 28.7 Å². The summed E-state index contributed by atoms with van der Waals surface area (Å²) in [6, 6.07) is 14.9. The molecule has 0 aliphatic carbocycles. The molecule has 326 valence electrons. The molecule has 5 rings (SSSR count). The molecule has 0 spiro atoms. The molecule has 0 heterocycles. The van der Waals surface area contributed by atoms with Gasteiger partial charge in [0.05, 0.1) is 16.7 Å². The topological polar surface area (TPSA) is 160 Å². The lowest BCUT2D eigenvalue weighted by molar-refractivity contribution is -0.288. The zero-order chi connectivity index (χ0) is 46.0. The SMILES string of the molecule is CNc1cc(NC(=O)c2cc(Oc3ccc(C(c4ccc(Oc5ccc(OC=O)c(C(C)=O)c5)cc4)(C(F)(F)F)C(F)(F)F)cc3)ccc2C(=O)O)ccc1C(C)(O)C(F)(F)F. The molecule has 1 atom stereocenters. The first-order valence-electron chi connectivity index (χ1n) is 17.6. The number of benzene rings is 5. The number of amides is 1. The number of carboxylic acids is 1. The maximum Gasteiger partial charge on any atom is 0.421 e. The summed E-state index contributed by atoms with van der Waals surface area (Å²) in [5.74, 6) is -4.28. The number of nitrogens with one attached hydrogen (secondary N) is 2. The summed E-state index contributed by atoms with van der Waals surface area (Å²) < 4.78 is 146. The van der Waals surface area contributed by atoms with E-state index in [1.54, 1.807) is 0 Å². The van der Waals surface area contributed by atoms with Gasteiger partial charge in [-0.05, 0) is 97.8 Å². The van der Waals surface area contributed by atoms with Gasteiger partial charge in [-0.1, -0.05) is 30.3 Å². The molecule has 20 heteroatoms. The average molecular weight is 879 g/mol. The van der Waals surface area contributed by atoms with Crippen LogP contribution < -0.4 is 24.8 Å². The Labute approximate surface area is 344 Å². The molecule has 11 nitrogen and oxygen atoms in total. The highest BCUT2D eigenvalue weighted by Crippen LogP contribution is 2.56. The van der Waals surface area contributed by atoms with Crippen LogP contribution in [-0.4, -0.2) is 59.9 Å². The van der Waals surface area contributed by atoms with Gasteiger partial charge >= 0.3 is 24.5 Å². The highest BCUT2D eigenvalue weighted by molar-refractivity contribution is 6.11. The number of alkyl halides is 9. The molecule has 0 aliphatic heterocycles. The summed E-state index contributed by atoms with van der Waals surface area (Å²) in [6.07, 6.45) is -17.1. The third-order valence-corrected chi connectivity index (χ3v) is 9.49. The number of hydrogen-bond acceptors (Lipinski definition) is 9. The van der Waals surface area contributed by atoms with Crippen LogP contribution in [0, 0.1) is 0 Å². The molecule has 0 aromatic heterocycles. The Morgan fingerprint density at radius 3 is 1.55 bits per heavy atom. The minimum Gasteiger partial charge on any atom is -0.478 e. The van der Waals surface area contributed by atoms with Crippen LogP contribution in [0.4, 0.5) is 50.9 Å². The first-order valence-corrected chi connectivity index (χ1v) is 17.6. The Hall–Kier alpha value is -7.09. The number of carboxylic acid groups (broad SMARTS) is 1. The Balaban J connectivity index is 1.44. The largest absolute Gasteiger partial charge is 0.478 e. The van der Waals surface area contributed by atoms with Crippen LogP contribution in [0.25, 0.3) is 0 Å². The van der Waals surface area contributed by atoms with Crippen LogP contribution in [0.15, 0.2) is 103 Å². The fraction of sp³-hybridized carbons (Fsp3) is 0.190. The smallest absolute Gasteiger partial charge is 0.421 e. The van der Waals surface area contributed by atoms with Gasteiger partial charge < -0.3 is 35.1 Å². The fourth-order valence-electron chi connectivity index (χ4n) is 6.37. The van der Waals surface area contributed by atoms with Gasteiger partial charge in [0, 0.05) is 24.0 Å². The number of Topliss-reactive ketones (excluding diaryl/α,β-unsaturated/α-hetero) is 1. The minimum absolute atomic E-state index is 0.0585. The third kappa shape index (κ3) is 8.99. The van der Waals surface area contributed by atoms with E-state index in [2.05, 4.69) is 10.6 Å². The molecule has 0 saturated carbocycles. The second-order valence-corrected chi connectivity index (χ2v) is 13.5. The van der Waals surface area contributed by atoms with E-state index in [1.165, 1.54) is 19.2 Å². The molecule has 5 aromatic carbocycles. The summed E-state index contributed by atoms with van der Waals surface area (Å²) >= 11 is 0. The van der Waals surface area contributed by atoms with E-state index in [0.717, 1.165) is 73.7 Å². The zero-order valence-electron chi connectivity index (χ0n) is 32.0. The first kappa shape index (κ1) is 46.0. The summed E-state index contributed by atoms with van der Waals surface area (Å²) in [6.45, 7) is 1.75. The van der Waals surface area contributed by atoms with E-state index in [-0.39, 0.29) is 52.2 Å². The molecular formula is C42H31F9N2O9. The highest BCUT2D eigenvalue weighted by atomic mass is 19.4. The molecule has 1 amide bonds. The fourth-order valence-corrected chi connectivity index (χ4v) is 6.37. The quantitative estimate of drug-likeness (QED) is 0.0480. The van der Waals surface area contributed by atoms with Crippen LogP contribution in [0.3, 0.4) is 0 Å². The van der Waals surface area contributed by atoms with E-state index in [1.807, 2.05) is 0 Å². The van der Waals surface area contributed by atoms with E-state index in [9.17, 15) is 68.9 Å². The molecule has 5 aromatic rings. The molecule has 0 radical (unpaired) electrons. The van der Waals surface area contributed by atoms with Crippen molar-refractivity contribution in [2.45, 2.75) is 43.4 Å². The number of carbonyl (C=O) groups is 4. The lowest BCUT2D eigenvalue weighted by Crippen LogP contribution is -2.54. The van der Waals surface area contributed by atoms with Crippen LogP contribution >= 0.6 is 0 Å². The Kier molecular flexibility index (Phi) is 12.7. The van der Waals surface area contributed by atoms with Crippen molar-refractivity contribution in [2.24, 2.45) is 0 Å². The molecule has 0 saturated heterocycles. The number of ketones is 1. The number of halogens is 9. The van der Waals surface area contributed by atoms with Crippen LogP contribution in [0.1, 0.15) is 61.6 Å². The van der Waals surface area contributed by atoms with Crippen molar-refractivity contribution in [3.63, 3.8) is 0 Å². The van der Waals surface area contributed by atoms with Gasteiger partial charge in [0.15, 0.2) is 11.4 Å². The molecular weight excluding hydrogens is 847 g/mol. The molecule has 0 aliphatic rings. The number of ether oxygens (including phenoxy) is 3. The summed E-state index contributed by atoms with van der Waals surface area (Å²) in [5.41, 5.74) is -12.7. The number of aliphatic hydroxyl groups is 1. The Morgan fingerprint density at radius 2 is 1.11 bits per heavy atom. The molecule has 4 N–H and O–H groups in total. The lowest BCUT2D eigenvalue weighted by atomic mass is 9.73. The van der Waals surface area contributed by atoms with Crippen molar-refractivity contribution in [2.75, 3.05) is 17.7 Å². The van der Waals surface area contributed by atoms with E-state index < -0.39 is 75.0 Å². The van der Waals surface area contributed by atoms with Crippen LogP contribution in [-0.2, 0) is 15.8 Å². The van der Waals surface area contributed by atoms with Gasteiger partial charge in [-0.3, -0.25) is 14.4 Å².